The molecule has 0 saturated carbocycles. The first kappa shape index (κ1) is 16.7. The zero-order valence-electron chi connectivity index (χ0n) is 13.7. The van der Waals surface area contributed by atoms with Gasteiger partial charge in [0.1, 0.15) is 12.4 Å². The predicted octanol–water partition coefficient (Wildman–Crippen LogP) is 3.26. The Balaban J connectivity index is 2.92. The van der Waals surface area contributed by atoms with Gasteiger partial charge in [0.2, 0.25) is 5.88 Å². The largest absolute Gasteiger partial charge is 0.481 e. The molecule has 0 saturated heterocycles. The average molecular weight is 281 g/mol. The van der Waals surface area contributed by atoms with Crippen molar-refractivity contribution >= 4 is 5.82 Å². The molecule has 0 amide bonds. The second kappa shape index (κ2) is 6.39. The van der Waals surface area contributed by atoms with Crippen LogP contribution in [0.3, 0.4) is 0 Å². The van der Waals surface area contributed by atoms with E-state index >= 15 is 0 Å². The van der Waals surface area contributed by atoms with E-state index in [9.17, 15) is 0 Å². The fraction of sp³-hybridized carbons (Fsp3) is 0.733. The summed E-state index contributed by atoms with van der Waals surface area (Å²) in [6.07, 6.45) is 1.02. The van der Waals surface area contributed by atoms with Crippen LogP contribution in [0.5, 0.6) is 5.88 Å². The molecule has 1 N–H and O–H groups in total. The lowest BCUT2D eigenvalue weighted by atomic mass is 9.82. The van der Waals surface area contributed by atoms with E-state index in [1.165, 1.54) is 0 Å². The molecule has 0 spiro atoms. The lowest BCUT2D eigenvalue weighted by Crippen LogP contribution is -2.35. The number of anilines is 1. The van der Waals surface area contributed by atoms with E-state index in [1.807, 2.05) is 6.07 Å². The Morgan fingerprint density at radius 3 is 2.25 bits per heavy atom. The SMILES string of the molecule is COCc1nc(NC(C)(C)CC(C)(C)C)cc(OC)n1. The first-order chi connectivity index (χ1) is 9.15. The fourth-order valence-corrected chi connectivity index (χ4v) is 2.55. The van der Waals surface area contributed by atoms with Gasteiger partial charge in [0.15, 0.2) is 5.82 Å². The Hall–Kier alpha value is -1.36. The molecule has 0 aromatic carbocycles. The molecule has 1 heterocycles. The maximum absolute atomic E-state index is 5.21. The normalized spacial score (nSPS) is 12.3. The van der Waals surface area contributed by atoms with Crippen molar-refractivity contribution in [3.8, 4) is 5.88 Å². The van der Waals surface area contributed by atoms with Crippen molar-refractivity contribution < 1.29 is 9.47 Å². The molecule has 0 fully saturated rings. The number of hydrogen-bond donors (Lipinski definition) is 1. The van der Waals surface area contributed by atoms with E-state index in [0.717, 1.165) is 12.2 Å². The highest BCUT2D eigenvalue weighted by Crippen LogP contribution is 2.29. The smallest absolute Gasteiger partial charge is 0.218 e. The summed E-state index contributed by atoms with van der Waals surface area (Å²) in [6.45, 7) is 11.4. The van der Waals surface area contributed by atoms with Crippen LogP contribution < -0.4 is 10.1 Å². The van der Waals surface area contributed by atoms with Crippen molar-refractivity contribution in [3.05, 3.63) is 11.9 Å². The maximum Gasteiger partial charge on any atom is 0.218 e. The molecule has 0 atom stereocenters. The van der Waals surface area contributed by atoms with Gasteiger partial charge in [-0.2, -0.15) is 4.98 Å². The minimum Gasteiger partial charge on any atom is -0.481 e. The van der Waals surface area contributed by atoms with Gasteiger partial charge in [-0.25, -0.2) is 4.98 Å². The first-order valence-electron chi connectivity index (χ1n) is 6.84. The van der Waals surface area contributed by atoms with Crippen LogP contribution in [0.25, 0.3) is 0 Å². The molecule has 1 aromatic heterocycles. The molecule has 1 aromatic rings. The minimum absolute atomic E-state index is 0.0675. The summed E-state index contributed by atoms with van der Waals surface area (Å²) in [4.78, 5) is 8.71. The topological polar surface area (TPSA) is 56.3 Å². The highest BCUT2D eigenvalue weighted by molar-refractivity contribution is 5.40. The van der Waals surface area contributed by atoms with Crippen molar-refractivity contribution in [3.63, 3.8) is 0 Å². The summed E-state index contributed by atoms with van der Waals surface area (Å²) in [5, 5.41) is 3.46. The number of hydrogen-bond acceptors (Lipinski definition) is 5. The number of rotatable bonds is 6. The van der Waals surface area contributed by atoms with Gasteiger partial charge in [-0.05, 0) is 25.7 Å². The minimum atomic E-state index is -0.0675. The third kappa shape index (κ3) is 5.74. The molecule has 0 radical (unpaired) electrons. The van der Waals surface area contributed by atoms with E-state index < -0.39 is 0 Å². The standard InChI is InChI=1S/C15H27N3O2/c1-14(2,3)10-15(4,5)18-11-8-13(20-7)17-12(16-11)9-19-6/h8H,9-10H2,1-7H3,(H,16,17,18). The van der Waals surface area contributed by atoms with Crippen LogP contribution in [0.4, 0.5) is 5.82 Å². The van der Waals surface area contributed by atoms with Crippen LogP contribution >= 0.6 is 0 Å². The maximum atomic E-state index is 5.21. The van der Waals surface area contributed by atoms with Gasteiger partial charge in [0, 0.05) is 18.7 Å². The van der Waals surface area contributed by atoms with E-state index in [-0.39, 0.29) is 11.0 Å². The molecule has 114 valence electrons. The van der Waals surface area contributed by atoms with Crippen molar-refractivity contribution in [2.45, 2.75) is 53.2 Å². The van der Waals surface area contributed by atoms with Crippen molar-refractivity contribution in [1.82, 2.24) is 9.97 Å². The molecule has 0 aliphatic rings. The second-order valence-corrected chi connectivity index (χ2v) is 6.89. The van der Waals surface area contributed by atoms with Crippen LogP contribution in [0.15, 0.2) is 6.07 Å². The number of aromatic nitrogens is 2. The number of methoxy groups -OCH3 is 2. The van der Waals surface area contributed by atoms with Crippen LogP contribution in [0.2, 0.25) is 0 Å². The molecule has 0 bridgehead atoms. The number of nitrogens with one attached hydrogen (secondary N) is 1. The lowest BCUT2D eigenvalue weighted by Gasteiger charge is -2.33. The van der Waals surface area contributed by atoms with Gasteiger partial charge in [-0.1, -0.05) is 20.8 Å². The molecule has 0 aliphatic heterocycles. The molecular formula is C15H27N3O2. The molecule has 20 heavy (non-hydrogen) atoms. The fourth-order valence-electron chi connectivity index (χ4n) is 2.55. The van der Waals surface area contributed by atoms with E-state index in [0.29, 0.717) is 18.3 Å². The molecule has 0 unspecified atom stereocenters. The Kier molecular flexibility index (Phi) is 5.34. The van der Waals surface area contributed by atoms with Crippen molar-refractivity contribution in [1.29, 1.82) is 0 Å². The number of nitrogens with zero attached hydrogens (tertiary/aromatic N) is 2. The Morgan fingerprint density at radius 2 is 1.75 bits per heavy atom. The third-order valence-electron chi connectivity index (χ3n) is 2.67. The molecule has 5 nitrogen and oxygen atoms in total. The van der Waals surface area contributed by atoms with E-state index in [4.69, 9.17) is 9.47 Å². The zero-order valence-corrected chi connectivity index (χ0v) is 13.7. The third-order valence-corrected chi connectivity index (χ3v) is 2.67. The molecule has 0 aliphatic carbocycles. The van der Waals surface area contributed by atoms with E-state index in [2.05, 4.69) is 49.9 Å². The predicted molar refractivity (Wildman–Crippen MR) is 81.1 cm³/mol. The molecule has 5 heteroatoms. The van der Waals surface area contributed by atoms with Crippen molar-refractivity contribution in [2.75, 3.05) is 19.5 Å². The van der Waals surface area contributed by atoms with Gasteiger partial charge in [0.05, 0.1) is 7.11 Å². The van der Waals surface area contributed by atoms with Crippen LogP contribution in [-0.2, 0) is 11.3 Å². The molecular weight excluding hydrogens is 254 g/mol. The molecule has 1 rings (SSSR count). The lowest BCUT2D eigenvalue weighted by molar-refractivity contribution is 0.177. The first-order valence-corrected chi connectivity index (χ1v) is 6.84. The monoisotopic (exact) mass is 281 g/mol. The van der Waals surface area contributed by atoms with Gasteiger partial charge in [0.25, 0.3) is 0 Å². The summed E-state index contributed by atoms with van der Waals surface area (Å²) >= 11 is 0. The van der Waals surface area contributed by atoms with Gasteiger partial charge < -0.3 is 14.8 Å². The van der Waals surface area contributed by atoms with Gasteiger partial charge in [-0.15, -0.1) is 0 Å². The van der Waals surface area contributed by atoms with Gasteiger partial charge >= 0.3 is 0 Å². The quantitative estimate of drug-likeness (QED) is 0.867. The van der Waals surface area contributed by atoms with Crippen molar-refractivity contribution in [2.24, 2.45) is 5.41 Å². The highest BCUT2D eigenvalue weighted by atomic mass is 16.5. The highest BCUT2D eigenvalue weighted by Gasteiger charge is 2.26. The van der Waals surface area contributed by atoms with Gasteiger partial charge in [-0.3, -0.25) is 0 Å². The number of ether oxygens (including phenoxy) is 2. The van der Waals surface area contributed by atoms with Crippen LogP contribution in [0, 0.1) is 5.41 Å². The summed E-state index contributed by atoms with van der Waals surface area (Å²) < 4.78 is 10.3. The summed E-state index contributed by atoms with van der Waals surface area (Å²) in [5.74, 6) is 1.92. The second-order valence-electron chi connectivity index (χ2n) is 6.89. The Morgan fingerprint density at radius 1 is 1.10 bits per heavy atom. The summed E-state index contributed by atoms with van der Waals surface area (Å²) in [5.41, 5.74) is 0.172. The van der Waals surface area contributed by atoms with Crippen LogP contribution in [0.1, 0.15) is 46.9 Å². The zero-order chi connectivity index (χ0) is 15.4. The summed E-state index contributed by atoms with van der Waals surface area (Å²) in [6, 6.07) is 1.81. The average Bonchev–Trinajstić information content (AvgIpc) is 2.24. The Labute approximate surface area is 122 Å². The Bertz CT molecular complexity index is 439. The van der Waals surface area contributed by atoms with E-state index in [1.54, 1.807) is 14.2 Å². The summed E-state index contributed by atoms with van der Waals surface area (Å²) in [7, 11) is 3.22. The van der Waals surface area contributed by atoms with Crippen LogP contribution in [-0.4, -0.2) is 29.7 Å².